The smallest absolute Gasteiger partial charge is 0.310 e. The van der Waals surface area contributed by atoms with Crippen LogP contribution >= 0.6 is 0 Å². The maximum atomic E-state index is 14.0. The normalized spacial score (nSPS) is 18.9. The summed E-state index contributed by atoms with van der Waals surface area (Å²) in [5.74, 6) is 4.21. The molecule has 0 amide bonds. The Kier molecular flexibility index (Phi) is 11.2. The van der Waals surface area contributed by atoms with Crippen molar-refractivity contribution in [2.75, 3.05) is 70.0 Å². The van der Waals surface area contributed by atoms with Crippen molar-refractivity contribution in [2.45, 2.75) is 38.0 Å². The summed E-state index contributed by atoms with van der Waals surface area (Å²) in [4.78, 5) is 16.2. The number of carbonyl (C=O) groups is 1. The van der Waals surface area contributed by atoms with Crippen molar-refractivity contribution in [3.63, 3.8) is 0 Å². The van der Waals surface area contributed by atoms with Crippen molar-refractivity contribution in [1.82, 2.24) is 4.90 Å². The Morgan fingerprint density at radius 2 is 1.31 bits per heavy atom. The van der Waals surface area contributed by atoms with Crippen LogP contribution in [0.5, 0.6) is 51.7 Å². The molecule has 0 radical (unpaired) electrons. The van der Waals surface area contributed by atoms with Gasteiger partial charge in [0.2, 0.25) is 11.5 Å². The van der Waals surface area contributed by atoms with Crippen LogP contribution in [0.25, 0.3) is 0 Å². The van der Waals surface area contributed by atoms with Gasteiger partial charge in [-0.25, -0.2) is 0 Å². The second-order valence-corrected chi connectivity index (χ2v) is 11.6. The molecule has 3 aromatic rings. The van der Waals surface area contributed by atoms with Crippen LogP contribution in [-0.2, 0) is 22.5 Å². The molecule has 2 aliphatic heterocycles. The van der Waals surface area contributed by atoms with Crippen LogP contribution in [0.1, 0.15) is 35.6 Å². The van der Waals surface area contributed by atoms with Gasteiger partial charge in [0.15, 0.2) is 29.1 Å². The maximum Gasteiger partial charge on any atom is 0.310 e. The van der Waals surface area contributed by atoms with Crippen LogP contribution in [0.3, 0.4) is 0 Å². The summed E-state index contributed by atoms with van der Waals surface area (Å²) in [5, 5.41) is 0. The average molecular weight is 668 g/mol. The van der Waals surface area contributed by atoms with Crippen LogP contribution in [0.4, 0.5) is 0 Å². The number of benzene rings is 3. The minimum atomic E-state index is -0.689. The van der Waals surface area contributed by atoms with Gasteiger partial charge in [0.05, 0.1) is 62.8 Å². The van der Waals surface area contributed by atoms with Crippen LogP contribution in [0.15, 0.2) is 36.4 Å². The van der Waals surface area contributed by atoms with Gasteiger partial charge in [-0.2, -0.15) is 0 Å². The van der Waals surface area contributed by atoms with Gasteiger partial charge in [0.25, 0.3) is 0 Å². The Hall–Kier alpha value is -4.71. The monoisotopic (exact) mass is 667 g/mol. The highest BCUT2D eigenvalue weighted by Crippen LogP contribution is 2.47. The van der Waals surface area contributed by atoms with Crippen LogP contribution < -0.4 is 42.6 Å². The molecule has 3 atom stereocenters. The minimum Gasteiger partial charge on any atom is -0.496 e. The van der Waals surface area contributed by atoms with Gasteiger partial charge in [-0.3, -0.25) is 9.69 Å². The predicted molar refractivity (Wildman–Crippen MR) is 177 cm³/mol. The Morgan fingerprint density at radius 1 is 0.729 bits per heavy atom. The number of rotatable bonds is 13. The third kappa shape index (κ3) is 7.08. The van der Waals surface area contributed by atoms with Gasteiger partial charge >= 0.3 is 5.97 Å². The lowest BCUT2D eigenvalue weighted by atomic mass is 9.92. The summed E-state index contributed by atoms with van der Waals surface area (Å²) < 4.78 is 57.6. The largest absolute Gasteiger partial charge is 0.496 e. The second kappa shape index (κ2) is 15.5. The second-order valence-electron chi connectivity index (χ2n) is 11.6. The van der Waals surface area contributed by atoms with Gasteiger partial charge in [-0.1, -0.05) is 0 Å². The van der Waals surface area contributed by atoms with Crippen molar-refractivity contribution >= 4 is 5.97 Å². The fourth-order valence-corrected chi connectivity index (χ4v) is 6.50. The Morgan fingerprint density at radius 3 is 1.85 bits per heavy atom. The summed E-state index contributed by atoms with van der Waals surface area (Å²) in [6.45, 7) is 1.98. The number of carbonyl (C=O) groups excluding carboxylic acids is 1. The molecule has 48 heavy (non-hydrogen) atoms. The van der Waals surface area contributed by atoms with Gasteiger partial charge in [-0.05, 0) is 49.2 Å². The summed E-state index contributed by atoms with van der Waals surface area (Å²) in [6.07, 6.45) is 0.547. The molecule has 12 nitrogen and oxygen atoms in total. The zero-order chi connectivity index (χ0) is 34.4. The van der Waals surface area contributed by atoms with E-state index in [9.17, 15) is 4.79 Å². The first-order valence-corrected chi connectivity index (χ1v) is 15.7. The molecule has 5 rings (SSSR count). The topological polar surface area (TPSA) is 113 Å². The first kappa shape index (κ1) is 34.6. The lowest BCUT2D eigenvalue weighted by molar-refractivity contribution is -0.162. The van der Waals surface area contributed by atoms with E-state index in [4.69, 9.17) is 47.4 Å². The number of nitrogens with zero attached hydrogens (tertiary/aromatic N) is 1. The molecular weight excluding hydrogens is 622 g/mol. The molecule has 0 bridgehead atoms. The standard InChI is InChI=1S/C36H45NO11/c1-39-24-16-26(40-2)25-18-32(33(47-27(25)17-24)23-14-30(43-5)35(46-8)31(15-23)44-6)48-36(38)22-10-9-11-37(20-22)19-21-12-28(41-3)34(45-7)29(13-21)42-4/h12-17,22,32-33H,9-11,18-20H2,1-8H3/t22?,32-,33-/m1/s1. The lowest BCUT2D eigenvalue weighted by Crippen LogP contribution is -2.42. The SMILES string of the molecule is COc1cc(OC)c2c(c1)O[C@H](c1cc(OC)c(OC)c(OC)c1)[C@H](OC(=O)C1CCCN(Cc3cc(OC)c(OC)c(OC)c3)C1)C2. The molecule has 0 saturated carbocycles. The lowest BCUT2D eigenvalue weighted by Gasteiger charge is -2.37. The van der Waals surface area contributed by atoms with Gasteiger partial charge in [-0.15, -0.1) is 0 Å². The average Bonchev–Trinajstić information content (AvgIpc) is 3.12. The summed E-state index contributed by atoms with van der Waals surface area (Å²) in [7, 11) is 12.6. The van der Waals surface area contributed by atoms with E-state index < -0.39 is 12.2 Å². The Balaban J connectivity index is 1.42. The third-order valence-corrected chi connectivity index (χ3v) is 8.85. The first-order valence-electron chi connectivity index (χ1n) is 15.7. The van der Waals surface area contributed by atoms with E-state index in [1.54, 1.807) is 62.9 Å². The number of methoxy groups -OCH3 is 8. The number of likely N-dealkylation sites (tertiary alicyclic amines) is 1. The van der Waals surface area contributed by atoms with Crippen molar-refractivity contribution < 1.29 is 52.2 Å². The van der Waals surface area contributed by atoms with Crippen molar-refractivity contribution in [1.29, 1.82) is 0 Å². The fraction of sp³-hybridized carbons (Fsp3) is 0.472. The zero-order valence-corrected chi connectivity index (χ0v) is 28.9. The summed E-state index contributed by atoms with van der Waals surface area (Å²) >= 11 is 0. The number of hydrogen-bond acceptors (Lipinski definition) is 12. The van der Waals surface area contributed by atoms with Gasteiger partial charge < -0.3 is 47.4 Å². The summed E-state index contributed by atoms with van der Waals surface area (Å²) in [5.41, 5.74) is 2.47. The van der Waals surface area contributed by atoms with E-state index in [2.05, 4.69) is 4.90 Å². The molecule has 0 spiro atoms. The fourth-order valence-electron chi connectivity index (χ4n) is 6.50. The molecule has 1 unspecified atom stereocenters. The molecular formula is C36H45NO11. The Labute approximate surface area is 281 Å². The molecule has 1 saturated heterocycles. The highest BCUT2D eigenvalue weighted by Gasteiger charge is 2.39. The molecule has 2 aliphatic rings. The quantitative estimate of drug-likeness (QED) is 0.222. The Bertz CT molecular complexity index is 1540. The minimum absolute atomic E-state index is 0.286. The van der Waals surface area contributed by atoms with Gasteiger partial charge in [0.1, 0.15) is 23.4 Å². The molecule has 12 heteroatoms. The van der Waals surface area contributed by atoms with Crippen LogP contribution in [-0.4, -0.2) is 86.9 Å². The summed E-state index contributed by atoms with van der Waals surface area (Å²) in [6, 6.07) is 11.1. The van der Waals surface area contributed by atoms with E-state index in [0.717, 1.165) is 24.1 Å². The molecule has 1 fully saturated rings. The number of hydrogen-bond donors (Lipinski definition) is 0. The molecule has 0 N–H and O–H groups in total. The van der Waals surface area contributed by atoms with E-state index in [0.29, 0.717) is 83.2 Å². The van der Waals surface area contributed by atoms with Crippen molar-refractivity contribution in [3.8, 4) is 51.7 Å². The third-order valence-electron chi connectivity index (χ3n) is 8.85. The number of piperidine rings is 1. The highest BCUT2D eigenvalue weighted by atomic mass is 16.6. The van der Waals surface area contributed by atoms with E-state index in [1.807, 2.05) is 30.3 Å². The van der Waals surface area contributed by atoms with Crippen molar-refractivity contribution in [2.24, 2.45) is 5.92 Å². The van der Waals surface area contributed by atoms with E-state index in [-0.39, 0.29) is 11.9 Å². The molecule has 3 aromatic carbocycles. The van der Waals surface area contributed by atoms with Gasteiger partial charge in [0, 0.05) is 42.8 Å². The molecule has 0 aromatic heterocycles. The molecule has 260 valence electrons. The first-order chi connectivity index (χ1) is 23.3. The molecule has 2 heterocycles. The van der Waals surface area contributed by atoms with E-state index >= 15 is 0 Å². The number of esters is 1. The zero-order valence-electron chi connectivity index (χ0n) is 28.9. The van der Waals surface area contributed by atoms with Crippen LogP contribution in [0, 0.1) is 5.92 Å². The van der Waals surface area contributed by atoms with Crippen LogP contribution in [0.2, 0.25) is 0 Å². The highest BCUT2D eigenvalue weighted by molar-refractivity contribution is 5.73. The molecule has 0 aliphatic carbocycles. The number of fused-ring (bicyclic) bond motifs is 1. The predicted octanol–water partition coefficient (Wildman–Crippen LogP) is 5.26. The number of ether oxygens (including phenoxy) is 10. The van der Waals surface area contributed by atoms with E-state index in [1.165, 1.54) is 0 Å². The van der Waals surface area contributed by atoms with Crippen molar-refractivity contribution in [3.05, 3.63) is 53.1 Å². The maximum absolute atomic E-state index is 14.0.